The van der Waals surface area contributed by atoms with E-state index in [1.807, 2.05) is 0 Å². The average Bonchev–Trinajstić information content (AvgIpc) is 3.07. The van der Waals surface area contributed by atoms with Crippen LogP contribution in [-0.4, -0.2) is 4.57 Å². The van der Waals surface area contributed by atoms with Crippen molar-refractivity contribution in [2.24, 2.45) is 0 Å². The Bertz CT molecular complexity index is 1180. The van der Waals surface area contributed by atoms with E-state index in [4.69, 9.17) is 0 Å². The van der Waals surface area contributed by atoms with Crippen LogP contribution in [0, 0.1) is 0 Å². The summed E-state index contributed by atoms with van der Waals surface area (Å²) in [4.78, 5) is 0. The van der Waals surface area contributed by atoms with Gasteiger partial charge in [-0.25, -0.2) is 0 Å². The predicted molar refractivity (Wildman–Crippen MR) is 133 cm³/mol. The molecule has 0 aliphatic carbocycles. The van der Waals surface area contributed by atoms with Crippen LogP contribution in [0.15, 0.2) is 97.1 Å². The third-order valence-electron chi connectivity index (χ3n) is 5.31. The molecule has 29 heavy (non-hydrogen) atoms. The van der Waals surface area contributed by atoms with Crippen LogP contribution in [0.2, 0.25) is 0 Å². The molecule has 0 bridgehead atoms. The van der Waals surface area contributed by atoms with Crippen LogP contribution in [0.3, 0.4) is 0 Å². The van der Waals surface area contributed by atoms with E-state index in [0.717, 1.165) is 6.54 Å². The minimum absolute atomic E-state index is 0.692. The van der Waals surface area contributed by atoms with Gasteiger partial charge < -0.3 is 4.57 Å². The Labute approximate surface area is 175 Å². The molecule has 0 saturated heterocycles. The zero-order valence-corrected chi connectivity index (χ0v) is 18.4. The van der Waals surface area contributed by atoms with Crippen molar-refractivity contribution in [3.8, 4) is 0 Å². The molecule has 2 atom stereocenters. The van der Waals surface area contributed by atoms with E-state index >= 15 is 0 Å². The second kappa shape index (κ2) is 8.11. The highest BCUT2D eigenvalue weighted by Crippen LogP contribution is 2.30. The topological polar surface area (TPSA) is 4.93 Å². The Morgan fingerprint density at radius 2 is 1.00 bits per heavy atom. The van der Waals surface area contributed by atoms with E-state index in [2.05, 4.69) is 109 Å². The number of aromatic nitrogens is 1. The van der Waals surface area contributed by atoms with Crippen LogP contribution < -0.4 is 21.2 Å². The van der Waals surface area contributed by atoms with Crippen molar-refractivity contribution in [3.05, 3.63) is 97.1 Å². The second-order valence-corrected chi connectivity index (χ2v) is 10.00. The molecular weight excluding hydrogens is 388 g/mol. The number of benzene rings is 4. The van der Waals surface area contributed by atoms with E-state index in [-0.39, 0.29) is 0 Å². The molecule has 0 aliphatic rings. The summed E-state index contributed by atoms with van der Waals surface area (Å²) in [6, 6.07) is 35.5. The lowest BCUT2D eigenvalue weighted by Gasteiger charge is -2.07. The molecule has 0 N–H and O–H groups in total. The molecule has 0 radical (unpaired) electrons. The summed E-state index contributed by atoms with van der Waals surface area (Å²) in [7, 11) is 1.38. The molecule has 0 fully saturated rings. The van der Waals surface area contributed by atoms with Crippen molar-refractivity contribution >= 4 is 60.2 Å². The van der Waals surface area contributed by atoms with Gasteiger partial charge in [0.25, 0.3) is 0 Å². The van der Waals surface area contributed by atoms with Gasteiger partial charge in [0, 0.05) is 28.4 Å². The van der Waals surface area contributed by atoms with Crippen LogP contribution in [0.5, 0.6) is 0 Å². The zero-order chi connectivity index (χ0) is 19.6. The summed E-state index contributed by atoms with van der Waals surface area (Å²) in [5, 5.41) is 8.28. The first-order chi connectivity index (χ1) is 14.3. The highest BCUT2D eigenvalue weighted by Gasteiger charge is 2.11. The summed E-state index contributed by atoms with van der Waals surface area (Å²) < 4.78 is 2.47. The van der Waals surface area contributed by atoms with Gasteiger partial charge >= 0.3 is 0 Å². The number of fused-ring (bicyclic) bond motifs is 3. The van der Waals surface area contributed by atoms with Crippen LogP contribution in [-0.2, 0) is 6.54 Å². The van der Waals surface area contributed by atoms with Crippen molar-refractivity contribution in [2.75, 3.05) is 0 Å². The Kier molecular flexibility index (Phi) is 5.19. The van der Waals surface area contributed by atoms with Gasteiger partial charge in [-0.3, -0.25) is 0 Å². The maximum Gasteiger partial charge on any atom is 0.0497 e. The van der Waals surface area contributed by atoms with Crippen molar-refractivity contribution in [1.29, 1.82) is 0 Å². The molecule has 1 heterocycles. The van der Waals surface area contributed by atoms with E-state index in [9.17, 15) is 0 Å². The van der Waals surface area contributed by atoms with E-state index in [1.165, 1.54) is 43.0 Å². The lowest BCUT2D eigenvalue weighted by molar-refractivity contribution is 0.828. The van der Waals surface area contributed by atoms with Gasteiger partial charge in [-0.05, 0) is 40.3 Å². The quantitative estimate of drug-likeness (QED) is 0.356. The summed E-state index contributed by atoms with van der Waals surface area (Å²) in [5.41, 5.74) is 2.70. The van der Waals surface area contributed by atoms with Gasteiger partial charge in [-0.2, -0.15) is 0 Å². The number of hydrogen-bond donors (Lipinski definition) is 0. The second-order valence-electron chi connectivity index (χ2n) is 7.19. The van der Waals surface area contributed by atoms with Gasteiger partial charge in [-0.15, -0.1) is 0 Å². The highest BCUT2D eigenvalue weighted by atomic mass is 31.1. The van der Waals surface area contributed by atoms with Gasteiger partial charge in [0.05, 0.1) is 0 Å². The molecule has 142 valence electrons. The molecule has 1 nitrogen and oxygen atoms in total. The lowest BCUT2D eigenvalue weighted by Crippen LogP contribution is -2.04. The van der Waals surface area contributed by atoms with Crippen molar-refractivity contribution in [2.45, 2.75) is 13.5 Å². The molecule has 5 aromatic rings. The number of aryl methyl sites for hydroxylation is 1. The van der Waals surface area contributed by atoms with E-state index < -0.39 is 0 Å². The van der Waals surface area contributed by atoms with Gasteiger partial charge in [0.15, 0.2) is 0 Å². The Balaban J connectivity index is 1.58. The molecule has 0 spiro atoms. The monoisotopic (exact) mass is 411 g/mol. The molecule has 5 rings (SSSR count). The summed E-state index contributed by atoms with van der Waals surface area (Å²) in [6.07, 6.45) is 0. The molecule has 1 aromatic heterocycles. The molecule has 3 heteroatoms. The van der Waals surface area contributed by atoms with E-state index in [1.54, 1.807) is 0 Å². The molecule has 0 amide bonds. The molecule has 2 unspecified atom stereocenters. The Morgan fingerprint density at radius 1 is 0.552 bits per heavy atom. The Hall–Kier alpha value is -2.46. The number of hydrogen-bond acceptors (Lipinski definition) is 0. The first-order valence-electron chi connectivity index (χ1n) is 10.0. The van der Waals surface area contributed by atoms with Crippen LogP contribution in [0.25, 0.3) is 21.8 Å². The molecular formula is C26H23NP2. The van der Waals surface area contributed by atoms with Crippen LogP contribution in [0.1, 0.15) is 6.92 Å². The first-order valence-corrected chi connectivity index (χ1v) is 12.0. The Morgan fingerprint density at radius 3 is 1.41 bits per heavy atom. The number of nitrogens with zero attached hydrogens (tertiary/aromatic N) is 1. The van der Waals surface area contributed by atoms with Gasteiger partial charge in [0.1, 0.15) is 0 Å². The highest BCUT2D eigenvalue weighted by molar-refractivity contribution is 7.55. The maximum absolute atomic E-state index is 2.47. The summed E-state index contributed by atoms with van der Waals surface area (Å²) >= 11 is 0. The molecule has 0 saturated carbocycles. The minimum Gasteiger partial charge on any atom is -0.341 e. The maximum atomic E-state index is 2.47. The summed E-state index contributed by atoms with van der Waals surface area (Å²) in [5.74, 6) is 0. The average molecular weight is 411 g/mol. The van der Waals surface area contributed by atoms with Gasteiger partial charge in [-0.1, -0.05) is 102 Å². The summed E-state index contributed by atoms with van der Waals surface area (Å²) in [6.45, 7) is 3.23. The largest absolute Gasteiger partial charge is 0.341 e. The molecule has 0 aliphatic heterocycles. The fourth-order valence-electron chi connectivity index (χ4n) is 3.97. The lowest BCUT2D eigenvalue weighted by atomic mass is 10.1. The zero-order valence-electron chi connectivity index (χ0n) is 16.4. The molecule has 4 aromatic carbocycles. The predicted octanol–water partition coefficient (Wildman–Crippen LogP) is 5.07. The fourth-order valence-corrected chi connectivity index (χ4v) is 6.10. The van der Waals surface area contributed by atoms with Crippen LogP contribution in [0.4, 0.5) is 0 Å². The number of rotatable bonds is 5. The van der Waals surface area contributed by atoms with Crippen molar-refractivity contribution in [1.82, 2.24) is 4.57 Å². The smallest absolute Gasteiger partial charge is 0.0497 e. The van der Waals surface area contributed by atoms with Crippen LogP contribution >= 0.6 is 17.2 Å². The van der Waals surface area contributed by atoms with Crippen molar-refractivity contribution in [3.63, 3.8) is 0 Å². The SMILES string of the molecule is CCn1c2cc(Pc3ccccc3)ccc2c2ccc(Pc3ccccc3)cc21. The van der Waals surface area contributed by atoms with E-state index in [0.29, 0.717) is 17.2 Å². The van der Waals surface area contributed by atoms with Gasteiger partial charge in [0.2, 0.25) is 0 Å². The first kappa shape index (κ1) is 18.6. The normalized spacial score (nSPS) is 12.2. The third-order valence-corrected chi connectivity index (χ3v) is 7.75. The fraction of sp³-hybridized carbons (Fsp3) is 0.0769. The minimum atomic E-state index is 0.692. The third kappa shape index (κ3) is 3.74. The standard InChI is InChI=1S/C26H23NP2/c1-2-27-25-17-21(28-19-9-5-3-6-10-19)13-15-23(25)24-16-14-22(18-26(24)27)29-20-11-7-4-8-12-20/h3-18,28-29H,2H2,1H3. The van der Waals surface area contributed by atoms with Crippen molar-refractivity contribution < 1.29 is 0 Å².